The van der Waals surface area contributed by atoms with Crippen LogP contribution in [-0.4, -0.2) is 13.1 Å². The third-order valence-electron chi connectivity index (χ3n) is 4.96. The van der Waals surface area contributed by atoms with Gasteiger partial charge >= 0.3 is 5.97 Å². The summed E-state index contributed by atoms with van der Waals surface area (Å²) in [6.45, 7) is 7.51. The Morgan fingerprint density at radius 3 is 1.44 bits per heavy atom. The number of allylic oxidation sites excluding steroid dienone is 2. The molecule has 0 amide bonds. The van der Waals surface area contributed by atoms with Gasteiger partial charge in [-0.2, -0.15) is 0 Å². The van der Waals surface area contributed by atoms with Crippen LogP contribution in [0.1, 0.15) is 103 Å². The molecule has 0 spiro atoms. The minimum atomic E-state index is -0.00281. The molecule has 0 N–H and O–H groups in total. The summed E-state index contributed by atoms with van der Waals surface area (Å²) in [6, 6.07) is 0. The van der Waals surface area contributed by atoms with Crippen LogP contribution in [0, 0.1) is 5.92 Å². The van der Waals surface area contributed by atoms with Gasteiger partial charge in [-0.1, -0.05) is 76.4 Å². The Morgan fingerprint density at radius 1 is 0.720 bits per heavy atom. The van der Waals surface area contributed by atoms with Crippen molar-refractivity contribution < 1.29 is 9.53 Å². The zero-order valence-electron chi connectivity index (χ0n) is 16.8. The lowest BCUT2D eigenvalue weighted by Gasteiger charge is -2.14. The van der Waals surface area contributed by atoms with E-state index in [1.165, 1.54) is 71.3 Å². The van der Waals surface area contributed by atoms with Gasteiger partial charge < -0.3 is 4.74 Å². The fourth-order valence-corrected chi connectivity index (χ4v) is 3.32. The second-order valence-electron chi connectivity index (χ2n) is 7.19. The Balaban J connectivity index is 3.67. The first-order valence-corrected chi connectivity index (χ1v) is 10.6. The summed E-state index contributed by atoms with van der Waals surface area (Å²) in [4.78, 5) is 11.9. The van der Waals surface area contributed by atoms with E-state index >= 15 is 0 Å². The number of unbranched alkanes of at least 4 members (excludes halogenated alkanes) is 12. The molecule has 0 radical (unpaired) electrons. The van der Waals surface area contributed by atoms with E-state index in [-0.39, 0.29) is 11.9 Å². The monoisotopic (exact) mass is 350 g/mol. The van der Waals surface area contributed by atoms with Crippen molar-refractivity contribution in [3.63, 3.8) is 0 Å². The summed E-state index contributed by atoms with van der Waals surface area (Å²) in [7, 11) is 1.52. The smallest absolute Gasteiger partial charge is 0.308 e. The van der Waals surface area contributed by atoms with E-state index in [0.29, 0.717) is 0 Å². The Hall–Kier alpha value is -1.05. The second-order valence-corrected chi connectivity index (χ2v) is 7.19. The predicted octanol–water partition coefficient (Wildman–Crippen LogP) is 7.39. The number of hydrogen-bond donors (Lipinski definition) is 0. The molecule has 0 atom stereocenters. The molecule has 25 heavy (non-hydrogen) atoms. The van der Waals surface area contributed by atoms with Crippen molar-refractivity contribution in [1.29, 1.82) is 0 Å². The highest BCUT2D eigenvalue weighted by Gasteiger charge is 2.17. The number of methoxy groups -OCH3 is 1. The van der Waals surface area contributed by atoms with Crippen molar-refractivity contribution in [2.24, 2.45) is 5.92 Å². The summed E-state index contributed by atoms with van der Waals surface area (Å²) in [5.41, 5.74) is 0. The fraction of sp³-hybridized carbons (Fsp3) is 0.783. The van der Waals surface area contributed by atoms with E-state index < -0.39 is 0 Å². The number of hydrogen-bond acceptors (Lipinski definition) is 2. The van der Waals surface area contributed by atoms with Crippen LogP contribution in [0.5, 0.6) is 0 Å². The molecule has 2 heteroatoms. The Bertz CT molecular complexity index is 298. The first kappa shape index (κ1) is 23.9. The normalized spacial score (nSPS) is 10.8. The molecule has 0 heterocycles. The molecule has 2 nitrogen and oxygen atoms in total. The van der Waals surface area contributed by atoms with Gasteiger partial charge in [0, 0.05) is 0 Å². The molecule has 0 aromatic carbocycles. The van der Waals surface area contributed by atoms with Crippen molar-refractivity contribution in [3.8, 4) is 0 Å². The topological polar surface area (TPSA) is 26.3 Å². The van der Waals surface area contributed by atoms with Gasteiger partial charge in [-0.25, -0.2) is 0 Å². The summed E-state index contributed by atoms with van der Waals surface area (Å²) < 4.78 is 5.00. The lowest BCUT2D eigenvalue weighted by molar-refractivity contribution is -0.146. The summed E-state index contributed by atoms with van der Waals surface area (Å²) in [6.07, 6.45) is 23.4. The van der Waals surface area contributed by atoms with Crippen molar-refractivity contribution in [3.05, 3.63) is 25.3 Å². The SMILES string of the molecule is C=CCCCCCCCCC(CCCCCCCCC=C)C(=O)OC. The molecular formula is C23H42O2. The van der Waals surface area contributed by atoms with Crippen LogP contribution in [0.15, 0.2) is 25.3 Å². The van der Waals surface area contributed by atoms with E-state index in [0.717, 1.165) is 38.5 Å². The van der Waals surface area contributed by atoms with E-state index in [4.69, 9.17) is 4.74 Å². The molecule has 0 aliphatic carbocycles. The highest BCUT2D eigenvalue weighted by Crippen LogP contribution is 2.20. The maximum Gasteiger partial charge on any atom is 0.308 e. The van der Waals surface area contributed by atoms with Crippen LogP contribution >= 0.6 is 0 Å². The van der Waals surface area contributed by atoms with Gasteiger partial charge in [0.2, 0.25) is 0 Å². The third kappa shape index (κ3) is 16.2. The minimum absolute atomic E-state index is 0.00281. The summed E-state index contributed by atoms with van der Waals surface area (Å²) in [5.74, 6) is 0.114. The molecule has 0 saturated carbocycles. The van der Waals surface area contributed by atoms with Crippen molar-refractivity contribution in [1.82, 2.24) is 0 Å². The molecule has 0 aromatic heterocycles. The van der Waals surface area contributed by atoms with E-state index in [2.05, 4.69) is 13.2 Å². The first-order valence-electron chi connectivity index (χ1n) is 10.6. The van der Waals surface area contributed by atoms with Gasteiger partial charge in [0.15, 0.2) is 0 Å². The fourth-order valence-electron chi connectivity index (χ4n) is 3.32. The van der Waals surface area contributed by atoms with Gasteiger partial charge in [0.05, 0.1) is 13.0 Å². The lowest BCUT2D eigenvalue weighted by Crippen LogP contribution is -2.16. The van der Waals surface area contributed by atoms with E-state index in [1.807, 2.05) is 12.2 Å². The predicted molar refractivity (Wildman–Crippen MR) is 110 cm³/mol. The van der Waals surface area contributed by atoms with Gasteiger partial charge in [-0.05, 0) is 38.5 Å². The molecule has 0 aromatic rings. The quantitative estimate of drug-likeness (QED) is 0.138. The number of ether oxygens (including phenoxy) is 1. The van der Waals surface area contributed by atoms with Crippen LogP contribution in [0.4, 0.5) is 0 Å². The molecule has 0 unspecified atom stereocenters. The van der Waals surface area contributed by atoms with Crippen LogP contribution < -0.4 is 0 Å². The molecule has 0 aliphatic rings. The standard InChI is InChI=1S/C23H42O2/c1-4-6-8-10-12-14-16-18-20-22(23(24)25-3)21-19-17-15-13-11-9-7-5-2/h4-5,22H,1-2,6-21H2,3H3. The highest BCUT2D eigenvalue weighted by atomic mass is 16.5. The third-order valence-corrected chi connectivity index (χ3v) is 4.96. The van der Waals surface area contributed by atoms with Gasteiger partial charge in [0.1, 0.15) is 0 Å². The average molecular weight is 351 g/mol. The molecule has 0 fully saturated rings. The number of rotatable bonds is 19. The molecule has 0 bridgehead atoms. The number of carbonyl (C=O) groups excluding carboxylic acids is 1. The van der Waals surface area contributed by atoms with Gasteiger partial charge in [-0.15, -0.1) is 13.2 Å². The molecule has 146 valence electrons. The van der Waals surface area contributed by atoms with Crippen molar-refractivity contribution in [2.45, 2.75) is 103 Å². The Kier molecular flexibility index (Phi) is 18.5. The van der Waals surface area contributed by atoms with Crippen LogP contribution in [0.25, 0.3) is 0 Å². The zero-order chi connectivity index (χ0) is 18.6. The van der Waals surface area contributed by atoms with Crippen molar-refractivity contribution in [2.75, 3.05) is 7.11 Å². The summed E-state index contributed by atoms with van der Waals surface area (Å²) >= 11 is 0. The van der Waals surface area contributed by atoms with E-state index in [1.54, 1.807) is 0 Å². The second kappa shape index (κ2) is 19.3. The van der Waals surface area contributed by atoms with Gasteiger partial charge in [0.25, 0.3) is 0 Å². The number of carbonyl (C=O) groups is 1. The Labute approximate surface area is 157 Å². The van der Waals surface area contributed by atoms with Crippen LogP contribution in [0.2, 0.25) is 0 Å². The molecule has 0 rings (SSSR count). The average Bonchev–Trinajstić information content (AvgIpc) is 2.63. The van der Waals surface area contributed by atoms with Crippen LogP contribution in [-0.2, 0) is 9.53 Å². The first-order chi connectivity index (χ1) is 12.3. The van der Waals surface area contributed by atoms with E-state index in [9.17, 15) is 4.79 Å². The number of esters is 1. The van der Waals surface area contributed by atoms with Gasteiger partial charge in [-0.3, -0.25) is 4.79 Å². The summed E-state index contributed by atoms with van der Waals surface area (Å²) in [5, 5.41) is 0. The highest BCUT2D eigenvalue weighted by molar-refractivity contribution is 5.72. The molecular weight excluding hydrogens is 308 g/mol. The maximum absolute atomic E-state index is 11.9. The minimum Gasteiger partial charge on any atom is -0.469 e. The molecule has 0 aliphatic heterocycles. The van der Waals surface area contributed by atoms with Crippen molar-refractivity contribution >= 4 is 5.97 Å². The lowest BCUT2D eigenvalue weighted by atomic mass is 9.94. The largest absolute Gasteiger partial charge is 0.469 e. The zero-order valence-corrected chi connectivity index (χ0v) is 16.8. The van der Waals surface area contributed by atoms with Crippen LogP contribution in [0.3, 0.4) is 0 Å². The maximum atomic E-state index is 11.9. The molecule has 0 saturated heterocycles. The Morgan fingerprint density at radius 2 is 1.08 bits per heavy atom.